The van der Waals surface area contributed by atoms with E-state index in [1.165, 1.54) is 22.3 Å². The molecule has 0 bridgehead atoms. The number of likely N-dealkylation sites (tertiary alicyclic amines) is 1. The van der Waals surface area contributed by atoms with Crippen molar-refractivity contribution < 1.29 is 14.6 Å². The topological polar surface area (TPSA) is 86.5 Å². The lowest BCUT2D eigenvalue weighted by Gasteiger charge is -2.38. The summed E-state index contributed by atoms with van der Waals surface area (Å²) >= 11 is 0. The standard InChI is InChI=1S/C26H27N3O3/c1-16-19(12-29-13-21(14-29)26(30)31)5-4-18-8-23(6-7-24(16)18)32-15-22-9-25(17-2-3-17)20(10-27)11-28-22/h6-9,11,17,21H,2-5,12-15H2,1H3,(H,30,31). The molecule has 164 valence electrons. The van der Waals surface area contributed by atoms with Crippen LogP contribution in [0.3, 0.4) is 0 Å². The monoisotopic (exact) mass is 429 g/mol. The molecular weight excluding hydrogens is 402 g/mol. The Bertz CT molecular complexity index is 1140. The first-order valence-corrected chi connectivity index (χ1v) is 11.3. The molecule has 1 aromatic heterocycles. The fraction of sp³-hybridized carbons (Fsp3) is 0.423. The Kier molecular flexibility index (Phi) is 5.44. The Balaban J connectivity index is 1.24. The lowest BCUT2D eigenvalue weighted by atomic mass is 9.85. The van der Waals surface area contributed by atoms with Gasteiger partial charge in [-0.25, -0.2) is 0 Å². The number of allylic oxidation sites excluding steroid dienone is 1. The average Bonchev–Trinajstić information content (AvgIpc) is 3.60. The number of aromatic nitrogens is 1. The lowest BCUT2D eigenvalue weighted by molar-refractivity contribution is -0.147. The molecule has 0 radical (unpaired) electrons. The fourth-order valence-electron chi connectivity index (χ4n) is 4.80. The van der Waals surface area contributed by atoms with E-state index < -0.39 is 5.97 Å². The predicted octanol–water partition coefficient (Wildman–Crippen LogP) is 4.15. The minimum Gasteiger partial charge on any atom is -0.487 e. The van der Waals surface area contributed by atoms with Crippen molar-refractivity contribution >= 4 is 11.5 Å². The highest BCUT2D eigenvalue weighted by Crippen LogP contribution is 2.41. The summed E-state index contributed by atoms with van der Waals surface area (Å²) in [4.78, 5) is 17.7. The van der Waals surface area contributed by atoms with E-state index >= 15 is 0 Å². The van der Waals surface area contributed by atoms with Gasteiger partial charge >= 0.3 is 5.97 Å². The number of carboxylic acid groups (broad SMARTS) is 1. The summed E-state index contributed by atoms with van der Waals surface area (Å²) < 4.78 is 6.05. The molecule has 2 fully saturated rings. The highest BCUT2D eigenvalue weighted by molar-refractivity contribution is 5.73. The van der Waals surface area contributed by atoms with Crippen molar-refractivity contribution in [3.8, 4) is 11.8 Å². The fourth-order valence-corrected chi connectivity index (χ4v) is 4.80. The smallest absolute Gasteiger partial charge is 0.309 e. The number of pyridine rings is 1. The van der Waals surface area contributed by atoms with E-state index in [0.29, 0.717) is 31.2 Å². The molecule has 5 rings (SSSR count). The molecule has 0 spiro atoms. The number of carboxylic acids is 1. The SMILES string of the molecule is CC1=C(CN2CC(C(=O)O)C2)CCc2cc(OCc3cc(C4CC4)c(C#N)cn3)ccc21. The van der Waals surface area contributed by atoms with E-state index in [9.17, 15) is 10.1 Å². The zero-order valence-electron chi connectivity index (χ0n) is 18.3. The third kappa shape index (κ3) is 4.13. The summed E-state index contributed by atoms with van der Waals surface area (Å²) in [6.45, 7) is 4.72. The molecule has 32 heavy (non-hydrogen) atoms. The first-order chi connectivity index (χ1) is 15.5. The van der Waals surface area contributed by atoms with Gasteiger partial charge in [-0.15, -0.1) is 0 Å². The van der Waals surface area contributed by atoms with E-state index in [0.717, 1.165) is 49.2 Å². The van der Waals surface area contributed by atoms with Crippen LogP contribution in [0.5, 0.6) is 5.75 Å². The maximum absolute atomic E-state index is 11.0. The maximum atomic E-state index is 11.0. The number of nitriles is 1. The molecule has 6 nitrogen and oxygen atoms in total. The van der Waals surface area contributed by atoms with Gasteiger partial charge in [0.1, 0.15) is 18.4 Å². The first kappa shape index (κ1) is 20.7. The van der Waals surface area contributed by atoms with Gasteiger partial charge in [-0.2, -0.15) is 5.26 Å². The van der Waals surface area contributed by atoms with Gasteiger partial charge in [-0.05, 0) is 79.0 Å². The minimum atomic E-state index is -0.687. The van der Waals surface area contributed by atoms with Crippen LogP contribution in [-0.4, -0.2) is 40.6 Å². The average molecular weight is 430 g/mol. The number of hydrogen-bond donors (Lipinski definition) is 1. The minimum absolute atomic E-state index is 0.211. The van der Waals surface area contributed by atoms with Gasteiger partial charge in [0.05, 0.1) is 17.2 Å². The molecule has 1 saturated heterocycles. The molecule has 2 heterocycles. The summed E-state index contributed by atoms with van der Waals surface area (Å²) in [5, 5.41) is 18.4. The highest BCUT2D eigenvalue weighted by atomic mass is 16.5. The van der Waals surface area contributed by atoms with Crippen LogP contribution < -0.4 is 4.74 Å². The van der Waals surface area contributed by atoms with Crippen molar-refractivity contribution in [3.05, 3.63) is 64.0 Å². The molecule has 6 heteroatoms. The predicted molar refractivity (Wildman–Crippen MR) is 120 cm³/mol. The molecule has 0 amide bonds. The maximum Gasteiger partial charge on any atom is 0.309 e. The van der Waals surface area contributed by atoms with Gasteiger partial charge in [0.15, 0.2) is 0 Å². The highest BCUT2D eigenvalue weighted by Gasteiger charge is 2.33. The van der Waals surface area contributed by atoms with Crippen molar-refractivity contribution in [1.82, 2.24) is 9.88 Å². The van der Waals surface area contributed by atoms with Crippen molar-refractivity contribution in [1.29, 1.82) is 5.26 Å². The molecule has 1 saturated carbocycles. The number of benzene rings is 1. The largest absolute Gasteiger partial charge is 0.487 e. The Hall–Kier alpha value is -3.17. The number of carbonyl (C=O) groups is 1. The first-order valence-electron chi connectivity index (χ1n) is 11.3. The second-order valence-electron chi connectivity index (χ2n) is 9.21. The molecule has 0 unspecified atom stereocenters. The quantitative estimate of drug-likeness (QED) is 0.712. The van der Waals surface area contributed by atoms with Gasteiger partial charge in [-0.1, -0.05) is 11.6 Å². The van der Waals surface area contributed by atoms with Crippen LogP contribution in [-0.2, 0) is 17.8 Å². The number of ether oxygens (including phenoxy) is 1. The zero-order chi connectivity index (χ0) is 22.2. The Labute approximate surface area is 188 Å². The van der Waals surface area contributed by atoms with Crippen LogP contribution in [0.1, 0.15) is 60.1 Å². The Morgan fingerprint density at radius 2 is 2.09 bits per heavy atom. The van der Waals surface area contributed by atoms with Gasteiger partial charge in [0.25, 0.3) is 0 Å². The van der Waals surface area contributed by atoms with Crippen LogP contribution in [0, 0.1) is 17.2 Å². The zero-order valence-corrected chi connectivity index (χ0v) is 18.3. The van der Waals surface area contributed by atoms with E-state index in [4.69, 9.17) is 9.84 Å². The van der Waals surface area contributed by atoms with Crippen molar-refractivity contribution in [2.75, 3.05) is 19.6 Å². The molecule has 3 aliphatic rings. The van der Waals surface area contributed by atoms with Gasteiger partial charge in [0, 0.05) is 25.8 Å². The summed E-state index contributed by atoms with van der Waals surface area (Å²) in [5.41, 5.74) is 7.92. The molecule has 2 aromatic rings. The van der Waals surface area contributed by atoms with Crippen LogP contribution in [0.2, 0.25) is 0 Å². The summed E-state index contributed by atoms with van der Waals surface area (Å²) in [5.74, 6) is 0.447. The van der Waals surface area contributed by atoms with Crippen molar-refractivity contribution in [2.24, 2.45) is 5.92 Å². The van der Waals surface area contributed by atoms with Crippen molar-refractivity contribution in [2.45, 2.75) is 45.1 Å². The second kappa shape index (κ2) is 8.40. The number of rotatable bonds is 7. The molecule has 1 N–H and O–H groups in total. The number of aryl methyl sites for hydroxylation is 1. The summed E-state index contributed by atoms with van der Waals surface area (Å²) in [6, 6.07) is 10.6. The Morgan fingerprint density at radius 3 is 2.81 bits per heavy atom. The molecule has 1 aromatic carbocycles. The second-order valence-corrected chi connectivity index (χ2v) is 9.21. The Morgan fingerprint density at radius 1 is 1.28 bits per heavy atom. The number of fused-ring (bicyclic) bond motifs is 1. The van der Waals surface area contributed by atoms with Crippen LogP contribution in [0.25, 0.3) is 5.57 Å². The normalized spacial score (nSPS) is 18.6. The van der Waals surface area contributed by atoms with E-state index in [1.807, 2.05) is 12.1 Å². The molecule has 0 atom stereocenters. The van der Waals surface area contributed by atoms with Crippen LogP contribution in [0.15, 0.2) is 36.0 Å². The summed E-state index contributed by atoms with van der Waals surface area (Å²) in [7, 11) is 0. The van der Waals surface area contributed by atoms with Gasteiger partial charge in [0.2, 0.25) is 0 Å². The van der Waals surface area contributed by atoms with E-state index in [1.54, 1.807) is 6.20 Å². The van der Waals surface area contributed by atoms with E-state index in [2.05, 4.69) is 35.0 Å². The third-order valence-electron chi connectivity index (χ3n) is 6.94. The van der Waals surface area contributed by atoms with Crippen LogP contribution in [0.4, 0.5) is 0 Å². The van der Waals surface area contributed by atoms with E-state index in [-0.39, 0.29) is 5.92 Å². The van der Waals surface area contributed by atoms with Gasteiger partial charge < -0.3 is 9.84 Å². The number of hydrogen-bond acceptors (Lipinski definition) is 5. The van der Waals surface area contributed by atoms with Gasteiger partial charge in [-0.3, -0.25) is 14.7 Å². The number of nitrogens with zero attached hydrogens (tertiary/aromatic N) is 3. The summed E-state index contributed by atoms with van der Waals surface area (Å²) in [6.07, 6.45) is 5.94. The third-order valence-corrected chi connectivity index (χ3v) is 6.94. The van der Waals surface area contributed by atoms with Crippen molar-refractivity contribution in [3.63, 3.8) is 0 Å². The van der Waals surface area contributed by atoms with Crippen LogP contribution >= 0.6 is 0 Å². The molecule has 1 aliphatic heterocycles. The molecule has 2 aliphatic carbocycles. The lowest BCUT2D eigenvalue weighted by Crippen LogP contribution is -2.50. The molecular formula is C26H27N3O3. The number of aliphatic carboxylic acids is 1.